The molecule has 1 aromatic rings. The van der Waals surface area contributed by atoms with Crippen molar-refractivity contribution in [1.82, 2.24) is 13.7 Å². The topological polar surface area (TPSA) is 78.5 Å². The third-order valence-electron chi connectivity index (χ3n) is 3.86. The number of carbonyl (C=O) groups excluding carboxylic acids is 3. The summed E-state index contributed by atoms with van der Waals surface area (Å²) in [4.78, 5) is 37.1. The molecule has 1 aromatic carbocycles. The average molecular weight is 399 g/mol. The summed E-state index contributed by atoms with van der Waals surface area (Å²) in [6.07, 6.45) is 0.674. The summed E-state index contributed by atoms with van der Waals surface area (Å²) in [6.45, 7) is 1.15. The Hall–Kier alpha value is -1.48. The van der Waals surface area contributed by atoms with E-state index in [1.165, 1.54) is 0 Å². The fourth-order valence-electron chi connectivity index (χ4n) is 2.81. The third kappa shape index (κ3) is 2.67. The molecule has 1 saturated heterocycles. The second kappa shape index (κ2) is 5.72. The van der Waals surface area contributed by atoms with Crippen LogP contribution in [0.4, 0.5) is 0 Å². The Labute approximate surface area is 135 Å². The highest BCUT2D eigenvalue weighted by Crippen LogP contribution is 2.28. The van der Waals surface area contributed by atoms with Crippen LogP contribution in [0.25, 0.3) is 0 Å². The van der Waals surface area contributed by atoms with Crippen molar-refractivity contribution < 1.29 is 14.4 Å². The van der Waals surface area contributed by atoms with Crippen LogP contribution in [0.3, 0.4) is 0 Å². The zero-order valence-electron chi connectivity index (χ0n) is 11.2. The molecule has 3 rings (SSSR count). The minimum absolute atomic E-state index is 0.131. The Morgan fingerprint density at radius 1 is 1.33 bits per heavy atom. The lowest BCUT2D eigenvalue weighted by Crippen LogP contribution is -2.52. The zero-order valence-corrected chi connectivity index (χ0v) is 13.3. The molecule has 0 bridgehead atoms. The Morgan fingerprint density at radius 3 is 2.86 bits per heavy atom. The van der Waals surface area contributed by atoms with E-state index in [1.54, 1.807) is 4.90 Å². The third-order valence-corrected chi connectivity index (χ3v) is 4.24. The van der Waals surface area contributed by atoms with Crippen molar-refractivity contribution >= 4 is 40.6 Å². The molecule has 2 aliphatic rings. The normalized spacial score (nSPS) is 21.5. The molecule has 0 aromatic heterocycles. The molecule has 2 heterocycles. The first kappa shape index (κ1) is 14.5. The maximum absolute atomic E-state index is 12.4. The number of amides is 3. The van der Waals surface area contributed by atoms with E-state index in [9.17, 15) is 14.4 Å². The summed E-state index contributed by atoms with van der Waals surface area (Å²) in [5, 5.41) is 2.30. The van der Waals surface area contributed by atoms with E-state index in [1.807, 2.05) is 18.2 Å². The summed E-state index contributed by atoms with van der Waals surface area (Å²) < 4.78 is 3.04. The molecular formula is C14H14IN3O3. The average Bonchev–Trinajstić information content (AvgIpc) is 2.76. The molecule has 2 aliphatic heterocycles. The molecule has 6 nitrogen and oxygen atoms in total. The van der Waals surface area contributed by atoms with E-state index in [2.05, 4.69) is 31.7 Å². The van der Waals surface area contributed by atoms with Crippen LogP contribution in [0.2, 0.25) is 0 Å². The molecule has 1 atom stereocenters. The number of piperidine rings is 1. The van der Waals surface area contributed by atoms with Gasteiger partial charge in [0, 0.05) is 47.9 Å². The van der Waals surface area contributed by atoms with Crippen molar-refractivity contribution in [2.45, 2.75) is 32.0 Å². The van der Waals surface area contributed by atoms with E-state index in [0.717, 1.165) is 17.7 Å². The Balaban J connectivity index is 1.83. The highest BCUT2D eigenvalue weighted by atomic mass is 127. The number of fused-ring (bicyclic) bond motifs is 1. The molecule has 1 fully saturated rings. The number of halogens is 1. The number of hydrogen-bond acceptors (Lipinski definition) is 4. The van der Waals surface area contributed by atoms with Crippen LogP contribution in [0.1, 0.15) is 34.3 Å². The lowest BCUT2D eigenvalue weighted by molar-refractivity contribution is -0.136. The quantitative estimate of drug-likeness (QED) is 0.450. The van der Waals surface area contributed by atoms with E-state index in [4.69, 9.17) is 0 Å². The molecule has 21 heavy (non-hydrogen) atoms. The molecule has 3 amide bonds. The number of rotatable bonds is 3. The second-order valence-electron chi connectivity index (χ2n) is 5.20. The van der Waals surface area contributed by atoms with E-state index >= 15 is 0 Å². The van der Waals surface area contributed by atoms with Gasteiger partial charge in [0.15, 0.2) is 0 Å². The predicted molar refractivity (Wildman–Crippen MR) is 83.3 cm³/mol. The maximum Gasteiger partial charge on any atom is 0.255 e. The van der Waals surface area contributed by atoms with Gasteiger partial charge in [0.1, 0.15) is 6.04 Å². The van der Waals surface area contributed by atoms with Gasteiger partial charge in [-0.2, -0.15) is 0 Å². The van der Waals surface area contributed by atoms with Gasteiger partial charge in [-0.25, -0.2) is 0 Å². The van der Waals surface area contributed by atoms with Crippen LogP contribution in [0, 0.1) is 0 Å². The highest BCUT2D eigenvalue weighted by molar-refractivity contribution is 14.1. The number of nitrogens with one attached hydrogen (secondary N) is 2. The minimum Gasteiger partial charge on any atom is -0.322 e. The zero-order chi connectivity index (χ0) is 15.0. The summed E-state index contributed by atoms with van der Waals surface area (Å²) in [5.41, 5.74) is 2.69. The van der Waals surface area contributed by atoms with Gasteiger partial charge in [-0.1, -0.05) is 12.1 Å². The van der Waals surface area contributed by atoms with Gasteiger partial charge in [-0.05, 0) is 23.6 Å². The first-order chi connectivity index (χ1) is 10.1. The number of imide groups is 1. The van der Waals surface area contributed by atoms with Gasteiger partial charge in [0.25, 0.3) is 5.91 Å². The van der Waals surface area contributed by atoms with Crippen molar-refractivity contribution in [3.63, 3.8) is 0 Å². The second-order valence-corrected chi connectivity index (χ2v) is 5.96. The van der Waals surface area contributed by atoms with Crippen molar-refractivity contribution in [1.29, 1.82) is 0 Å². The van der Waals surface area contributed by atoms with Crippen molar-refractivity contribution in [3.05, 3.63) is 34.9 Å². The Kier molecular flexibility index (Phi) is 3.94. The van der Waals surface area contributed by atoms with Crippen LogP contribution >= 0.6 is 22.9 Å². The van der Waals surface area contributed by atoms with Crippen LogP contribution in [-0.4, -0.2) is 28.7 Å². The number of hydrogen-bond donors (Lipinski definition) is 2. The fourth-order valence-corrected chi connectivity index (χ4v) is 3.26. The van der Waals surface area contributed by atoms with Crippen LogP contribution < -0.4 is 8.85 Å². The largest absolute Gasteiger partial charge is 0.322 e. The number of nitrogens with zero attached hydrogens (tertiary/aromatic N) is 1. The van der Waals surface area contributed by atoms with Gasteiger partial charge in [-0.3, -0.25) is 23.2 Å². The number of carbonyl (C=O) groups is 3. The van der Waals surface area contributed by atoms with Crippen LogP contribution in [0.5, 0.6) is 0 Å². The summed E-state index contributed by atoms with van der Waals surface area (Å²) >= 11 is 2.07. The molecule has 0 radical (unpaired) electrons. The summed E-state index contributed by atoms with van der Waals surface area (Å²) in [7, 11) is 0. The monoisotopic (exact) mass is 399 g/mol. The van der Waals surface area contributed by atoms with Crippen molar-refractivity contribution in [3.8, 4) is 0 Å². The van der Waals surface area contributed by atoms with Gasteiger partial charge >= 0.3 is 0 Å². The molecular weight excluding hydrogens is 385 g/mol. The van der Waals surface area contributed by atoms with E-state index < -0.39 is 6.04 Å². The molecule has 0 saturated carbocycles. The first-order valence-corrected chi connectivity index (χ1v) is 7.78. The summed E-state index contributed by atoms with van der Waals surface area (Å²) in [5.74, 6) is -0.772. The molecule has 1 unspecified atom stereocenters. The summed E-state index contributed by atoms with van der Waals surface area (Å²) in [6, 6.07) is 5.17. The van der Waals surface area contributed by atoms with Crippen molar-refractivity contribution in [2.75, 3.05) is 0 Å². The van der Waals surface area contributed by atoms with Crippen LogP contribution in [0.15, 0.2) is 18.2 Å². The highest BCUT2D eigenvalue weighted by Gasteiger charge is 2.38. The van der Waals surface area contributed by atoms with Crippen molar-refractivity contribution in [2.24, 2.45) is 0 Å². The smallest absolute Gasteiger partial charge is 0.255 e. The van der Waals surface area contributed by atoms with E-state index in [0.29, 0.717) is 18.5 Å². The first-order valence-electron chi connectivity index (χ1n) is 6.70. The maximum atomic E-state index is 12.4. The minimum atomic E-state index is -0.547. The van der Waals surface area contributed by atoms with Gasteiger partial charge < -0.3 is 4.90 Å². The fraction of sp³-hybridized carbons (Fsp3) is 0.357. The Bertz CT molecular complexity index is 632. The van der Waals surface area contributed by atoms with Gasteiger partial charge in [0.05, 0.1) is 0 Å². The molecule has 0 aliphatic carbocycles. The Morgan fingerprint density at radius 2 is 2.14 bits per heavy atom. The lowest BCUT2D eigenvalue weighted by Gasteiger charge is -2.29. The molecule has 110 valence electrons. The number of benzene rings is 1. The molecule has 2 N–H and O–H groups in total. The molecule has 0 spiro atoms. The van der Waals surface area contributed by atoms with Gasteiger partial charge in [-0.15, -0.1) is 0 Å². The molecule has 7 heteroatoms. The standard InChI is InChI=1S/C14H14IN3O3/c15-16-6-8-1-2-10-9(5-8)7-18(14(10)21)11-3-4-12(19)17-13(11)20/h1-2,5,11,16H,3-4,6-7H2,(H,17,19,20). The van der Waals surface area contributed by atoms with Gasteiger partial charge in [0.2, 0.25) is 11.8 Å². The predicted octanol–water partition coefficient (Wildman–Crippen LogP) is 0.887. The van der Waals surface area contributed by atoms with Crippen LogP contribution in [-0.2, 0) is 22.7 Å². The lowest BCUT2D eigenvalue weighted by atomic mass is 10.0. The van der Waals surface area contributed by atoms with E-state index in [-0.39, 0.29) is 24.1 Å². The SMILES string of the molecule is O=C1CCC(N2Cc3cc(CNI)ccc3C2=O)C(=O)N1.